The monoisotopic (exact) mass is 585 g/mol. The van der Waals surface area contributed by atoms with Crippen molar-refractivity contribution in [1.29, 1.82) is 0 Å². The van der Waals surface area contributed by atoms with Gasteiger partial charge in [0.1, 0.15) is 4.90 Å². The van der Waals surface area contributed by atoms with Crippen molar-refractivity contribution in [2.45, 2.75) is 27.6 Å². The molecule has 0 aliphatic carbocycles. The molecule has 0 fully saturated rings. The maximum Gasteiger partial charge on any atom is 0.460 e. The number of sulfonamides is 2. The van der Waals surface area contributed by atoms with E-state index in [0.29, 0.717) is 12.1 Å². The molecule has 22 heteroatoms. The van der Waals surface area contributed by atoms with Gasteiger partial charge in [0.15, 0.2) is 0 Å². The Morgan fingerprint density at radius 1 is 0.812 bits per heavy atom. The second kappa shape index (κ2) is 8.32. The highest BCUT2D eigenvalue weighted by molar-refractivity contribution is 8.05. The van der Waals surface area contributed by atoms with Crippen molar-refractivity contribution in [2.75, 3.05) is 0 Å². The summed E-state index contributed by atoms with van der Waals surface area (Å²) in [6.45, 7) is 0. The van der Waals surface area contributed by atoms with Gasteiger partial charge in [0, 0.05) is 5.02 Å². The molecule has 1 aromatic carbocycles. The summed E-state index contributed by atoms with van der Waals surface area (Å²) in [5.74, 6) is 0. The molecule has 1 rings (SSSR count). The zero-order chi connectivity index (χ0) is 25.8. The third-order valence-electron chi connectivity index (χ3n) is 3.00. The molecule has 0 aliphatic heterocycles. The molecule has 0 spiro atoms. The third-order valence-corrected chi connectivity index (χ3v) is 8.14. The van der Waals surface area contributed by atoms with Crippen LogP contribution < -0.4 is 4.13 Å². The van der Waals surface area contributed by atoms with E-state index in [9.17, 15) is 60.4 Å². The topological polar surface area (TPSA) is 144 Å². The van der Waals surface area contributed by atoms with E-state index < -0.39 is 67.8 Å². The second-order valence-corrected chi connectivity index (χ2v) is 11.2. The van der Waals surface area contributed by atoms with Crippen LogP contribution in [0.5, 0.6) is 0 Å². The lowest BCUT2D eigenvalue weighted by Gasteiger charge is -2.31. The van der Waals surface area contributed by atoms with Gasteiger partial charge in [-0.2, -0.15) is 43.5 Å². The van der Waals surface area contributed by atoms with Crippen molar-refractivity contribution in [1.82, 2.24) is 4.13 Å². The van der Waals surface area contributed by atoms with Crippen molar-refractivity contribution in [3.63, 3.8) is 0 Å². The molecule has 0 aliphatic rings. The highest BCUT2D eigenvalue weighted by atomic mass is 35.5. The SMILES string of the molecule is O=S(=O)(NS(=O)(=O)C(F)(F)C(F)(F)OC(F)(F)C(F)(F)S(=O)(=O)O)c1cc(Cl)ccc1Cl. The summed E-state index contributed by atoms with van der Waals surface area (Å²) in [7, 11) is -20.4. The van der Waals surface area contributed by atoms with Crippen LogP contribution in [-0.4, -0.2) is 52.5 Å². The number of halogens is 10. The van der Waals surface area contributed by atoms with Crippen LogP contribution in [0.15, 0.2) is 23.1 Å². The molecule has 2 N–H and O–H groups in total. The van der Waals surface area contributed by atoms with Gasteiger partial charge in [0.05, 0.1) is 5.02 Å². The van der Waals surface area contributed by atoms with E-state index >= 15 is 0 Å². The molecule has 1 aromatic rings. The lowest BCUT2D eigenvalue weighted by atomic mass is 10.4. The van der Waals surface area contributed by atoms with E-state index in [2.05, 4.69) is 0 Å². The minimum absolute atomic E-state index is 0.00942. The van der Waals surface area contributed by atoms with Crippen LogP contribution in [0.2, 0.25) is 10.0 Å². The molecule has 0 heterocycles. The quantitative estimate of drug-likeness (QED) is 0.332. The molecule has 186 valence electrons. The van der Waals surface area contributed by atoms with Crippen LogP contribution >= 0.6 is 23.2 Å². The number of hydrogen-bond acceptors (Lipinski definition) is 7. The van der Waals surface area contributed by atoms with Gasteiger partial charge in [0.2, 0.25) is 0 Å². The van der Waals surface area contributed by atoms with Crippen molar-refractivity contribution in [3.8, 4) is 0 Å². The average molecular weight is 586 g/mol. The average Bonchev–Trinajstić information content (AvgIpc) is 2.53. The molecule has 0 aromatic heterocycles. The Morgan fingerprint density at radius 2 is 1.25 bits per heavy atom. The zero-order valence-electron chi connectivity index (χ0n) is 14.0. The van der Waals surface area contributed by atoms with Crippen molar-refractivity contribution in [2.24, 2.45) is 0 Å². The van der Waals surface area contributed by atoms with Crippen molar-refractivity contribution < 1.29 is 69.7 Å². The number of nitrogens with one attached hydrogen (secondary N) is 1. The minimum atomic E-state index is -7.34. The van der Waals surface area contributed by atoms with Gasteiger partial charge in [-0.05, 0) is 18.2 Å². The first-order valence-electron chi connectivity index (χ1n) is 6.74. The van der Waals surface area contributed by atoms with Crippen LogP contribution in [0.25, 0.3) is 0 Å². The Bertz CT molecular complexity index is 1220. The first-order chi connectivity index (χ1) is 13.8. The zero-order valence-corrected chi connectivity index (χ0v) is 18.0. The lowest BCUT2D eigenvalue weighted by molar-refractivity contribution is -0.442. The fourth-order valence-corrected chi connectivity index (χ4v) is 5.41. The van der Waals surface area contributed by atoms with Gasteiger partial charge in [-0.1, -0.05) is 27.3 Å². The fraction of sp³-hybridized carbons (Fsp3) is 0.400. The number of alkyl halides is 8. The first kappa shape index (κ1) is 29.0. The van der Waals surface area contributed by atoms with Crippen LogP contribution in [-0.2, 0) is 34.9 Å². The summed E-state index contributed by atoms with van der Waals surface area (Å²) in [6, 6.07) is 1.97. The third kappa shape index (κ3) is 5.21. The molecular formula is C10H5Cl2F8NO8S3. The van der Waals surface area contributed by atoms with Crippen LogP contribution in [0.4, 0.5) is 35.1 Å². The standard InChI is InChI=1S/C10H5Cl2F8NO8S3/c11-4-1-2-5(12)6(3-4)30(22,23)21-31(24,25)9(17,18)7(13,14)29-8(15,16)10(19,20)32(26,27)28/h1-3,21H,(H,26,27,28). The maximum atomic E-state index is 13.8. The molecule has 0 bridgehead atoms. The summed E-state index contributed by atoms with van der Waals surface area (Å²) in [5, 5.41) is -15.4. The summed E-state index contributed by atoms with van der Waals surface area (Å²) in [5.41, 5.74) is 0. The Balaban J connectivity index is 3.45. The Labute approximate surface area is 183 Å². The van der Waals surface area contributed by atoms with Gasteiger partial charge in [-0.25, -0.2) is 21.6 Å². The molecule has 0 unspecified atom stereocenters. The van der Waals surface area contributed by atoms with Crippen LogP contribution in [0.3, 0.4) is 0 Å². The van der Waals surface area contributed by atoms with E-state index in [-0.39, 0.29) is 4.13 Å². The van der Waals surface area contributed by atoms with Gasteiger partial charge < -0.3 is 0 Å². The number of rotatable bonds is 9. The Morgan fingerprint density at radius 3 is 1.69 bits per heavy atom. The van der Waals surface area contributed by atoms with Gasteiger partial charge in [-0.15, -0.1) is 0 Å². The van der Waals surface area contributed by atoms with Gasteiger partial charge in [-0.3, -0.25) is 4.55 Å². The molecular weight excluding hydrogens is 581 g/mol. The molecule has 0 atom stereocenters. The highest BCUT2D eigenvalue weighted by Gasteiger charge is 2.77. The van der Waals surface area contributed by atoms with E-state index in [4.69, 9.17) is 27.8 Å². The minimum Gasteiger partial charge on any atom is -0.281 e. The van der Waals surface area contributed by atoms with E-state index in [1.807, 2.05) is 0 Å². The van der Waals surface area contributed by atoms with Crippen molar-refractivity contribution in [3.05, 3.63) is 28.2 Å². The maximum absolute atomic E-state index is 13.8. The lowest BCUT2D eigenvalue weighted by Crippen LogP contribution is -2.60. The smallest absolute Gasteiger partial charge is 0.281 e. The summed E-state index contributed by atoms with van der Waals surface area (Å²) in [6.07, 6.45) is -14.4. The van der Waals surface area contributed by atoms with Crippen molar-refractivity contribution >= 4 is 53.4 Å². The van der Waals surface area contributed by atoms with E-state index in [0.717, 1.165) is 6.07 Å². The number of ether oxygens (including phenoxy) is 1. The molecule has 0 saturated heterocycles. The number of hydrogen-bond donors (Lipinski definition) is 2. The highest BCUT2D eigenvalue weighted by Crippen LogP contribution is 2.48. The molecule has 9 nitrogen and oxygen atoms in total. The van der Waals surface area contributed by atoms with Crippen LogP contribution in [0, 0.1) is 0 Å². The molecule has 32 heavy (non-hydrogen) atoms. The molecule has 0 radical (unpaired) electrons. The van der Waals surface area contributed by atoms with Crippen LogP contribution in [0.1, 0.15) is 0 Å². The van der Waals surface area contributed by atoms with E-state index in [1.165, 1.54) is 0 Å². The molecule has 0 saturated carbocycles. The van der Waals surface area contributed by atoms with E-state index in [1.54, 1.807) is 4.74 Å². The second-order valence-electron chi connectivity index (χ2n) is 5.31. The number of benzene rings is 1. The summed E-state index contributed by atoms with van der Waals surface area (Å²) < 4.78 is 184. The predicted octanol–water partition coefficient (Wildman–Crippen LogP) is 2.88. The largest absolute Gasteiger partial charge is 0.460 e. The normalized spacial score (nSPS) is 15.1. The fourth-order valence-electron chi connectivity index (χ4n) is 1.51. The van der Waals surface area contributed by atoms with Gasteiger partial charge >= 0.3 is 32.8 Å². The Kier molecular flexibility index (Phi) is 7.54. The summed E-state index contributed by atoms with van der Waals surface area (Å²) in [4.78, 5) is -1.38. The Hall–Kier alpha value is -1.03. The van der Waals surface area contributed by atoms with Gasteiger partial charge in [0.25, 0.3) is 20.0 Å². The first-order valence-corrected chi connectivity index (χ1v) is 11.9. The predicted molar refractivity (Wildman–Crippen MR) is 88.1 cm³/mol. The molecule has 0 amide bonds. The summed E-state index contributed by atoms with van der Waals surface area (Å²) >= 11 is 10.8.